The first kappa shape index (κ1) is 18.3. The third-order valence-electron chi connectivity index (χ3n) is 4.68. The second-order valence-electron chi connectivity index (χ2n) is 6.96. The Bertz CT molecular complexity index is 1200. The summed E-state index contributed by atoms with van der Waals surface area (Å²) in [4.78, 5) is 23.3. The quantitative estimate of drug-likeness (QED) is 0.555. The molecule has 0 saturated carbocycles. The summed E-state index contributed by atoms with van der Waals surface area (Å²) in [6.07, 6.45) is 0. The van der Waals surface area contributed by atoms with Gasteiger partial charge < -0.3 is 0 Å². The van der Waals surface area contributed by atoms with Crippen molar-refractivity contribution in [3.63, 3.8) is 0 Å². The van der Waals surface area contributed by atoms with Gasteiger partial charge in [-0.15, -0.1) is 11.3 Å². The van der Waals surface area contributed by atoms with Crippen molar-refractivity contribution in [1.82, 2.24) is 19.7 Å². The van der Waals surface area contributed by atoms with Crippen molar-refractivity contribution in [2.45, 2.75) is 27.7 Å². The van der Waals surface area contributed by atoms with Crippen LogP contribution in [-0.4, -0.2) is 25.7 Å². The standard InChI is InChI=1S/C21H21N5OS/c1-11-6-8-15(9-7-11)18-14(4)28-21(23-18)24-20(27)16-10-12(2)22-19-17(16)13(3)25-26(19)5/h6-10H,1-5H3,(H,23,24,27). The normalized spacial score (nSPS) is 11.2. The molecule has 7 heteroatoms. The molecule has 1 N–H and O–H groups in total. The molecule has 4 aromatic rings. The number of nitrogens with zero attached hydrogens (tertiary/aromatic N) is 4. The maximum atomic E-state index is 13.0. The number of pyridine rings is 1. The lowest BCUT2D eigenvalue weighted by Crippen LogP contribution is -2.13. The van der Waals surface area contributed by atoms with E-state index in [0.717, 1.165) is 32.9 Å². The summed E-state index contributed by atoms with van der Waals surface area (Å²) in [5.41, 5.74) is 5.98. The van der Waals surface area contributed by atoms with Crippen LogP contribution in [0.15, 0.2) is 30.3 Å². The van der Waals surface area contributed by atoms with Crippen LogP contribution in [0.25, 0.3) is 22.3 Å². The summed E-state index contributed by atoms with van der Waals surface area (Å²) in [5, 5.41) is 8.73. The van der Waals surface area contributed by atoms with Gasteiger partial charge in [-0.2, -0.15) is 5.10 Å². The second kappa shape index (κ2) is 6.83. The molecular formula is C21H21N5OS. The number of carbonyl (C=O) groups is 1. The molecule has 6 nitrogen and oxygen atoms in total. The van der Waals surface area contributed by atoms with Crippen LogP contribution in [0.3, 0.4) is 0 Å². The van der Waals surface area contributed by atoms with Gasteiger partial charge in [0.2, 0.25) is 0 Å². The Morgan fingerprint density at radius 2 is 1.79 bits per heavy atom. The number of thiazole rings is 1. The first-order valence-corrected chi connectivity index (χ1v) is 9.82. The fourth-order valence-electron chi connectivity index (χ4n) is 3.34. The van der Waals surface area contributed by atoms with E-state index in [4.69, 9.17) is 0 Å². The minimum Gasteiger partial charge on any atom is -0.298 e. The van der Waals surface area contributed by atoms with Crippen LogP contribution >= 0.6 is 11.3 Å². The highest BCUT2D eigenvalue weighted by Crippen LogP contribution is 2.31. The largest absolute Gasteiger partial charge is 0.298 e. The number of carbonyl (C=O) groups excluding carboxylic acids is 1. The number of aryl methyl sites for hydroxylation is 5. The highest BCUT2D eigenvalue weighted by atomic mass is 32.1. The Kier molecular flexibility index (Phi) is 4.47. The van der Waals surface area contributed by atoms with E-state index in [2.05, 4.69) is 51.6 Å². The number of anilines is 1. The van der Waals surface area contributed by atoms with E-state index in [-0.39, 0.29) is 5.91 Å². The van der Waals surface area contributed by atoms with Crippen molar-refractivity contribution < 1.29 is 4.79 Å². The maximum absolute atomic E-state index is 13.0. The number of amides is 1. The molecule has 3 aromatic heterocycles. The fourth-order valence-corrected chi connectivity index (χ4v) is 4.17. The molecule has 1 aromatic carbocycles. The molecule has 0 aliphatic heterocycles. The number of aromatic nitrogens is 4. The number of hydrogen-bond donors (Lipinski definition) is 1. The fraction of sp³-hybridized carbons (Fsp3) is 0.238. The minimum atomic E-state index is -0.198. The number of benzene rings is 1. The van der Waals surface area contributed by atoms with Crippen LogP contribution < -0.4 is 5.32 Å². The Balaban J connectivity index is 1.69. The van der Waals surface area contributed by atoms with Crippen LogP contribution in [0, 0.1) is 27.7 Å². The van der Waals surface area contributed by atoms with Gasteiger partial charge in [0.15, 0.2) is 10.8 Å². The predicted octanol–water partition coefficient (Wildman–Crippen LogP) is 4.58. The van der Waals surface area contributed by atoms with Crippen LogP contribution in [-0.2, 0) is 7.05 Å². The van der Waals surface area contributed by atoms with Gasteiger partial charge in [-0.25, -0.2) is 9.97 Å². The van der Waals surface area contributed by atoms with Gasteiger partial charge in [0, 0.05) is 23.2 Å². The summed E-state index contributed by atoms with van der Waals surface area (Å²) < 4.78 is 1.71. The molecule has 0 atom stereocenters. The minimum absolute atomic E-state index is 0.198. The SMILES string of the molecule is Cc1ccc(-c2nc(NC(=O)c3cc(C)nc4c3c(C)nn4C)sc2C)cc1. The first-order chi connectivity index (χ1) is 13.3. The molecule has 142 valence electrons. The van der Waals surface area contributed by atoms with E-state index >= 15 is 0 Å². The molecular weight excluding hydrogens is 370 g/mol. The van der Waals surface area contributed by atoms with Gasteiger partial charge >= 0.3 is 0 Å². The number of fused-ring (bicyclic) bond motifs is 1. The monoisotopic (exact) mass is 391 g/mol. The molecule has 0 spiro atoms. The van der Waals surface area contributed by atoms with Gasteiger partial charge in [0.25, 0.3) is 5.91 Å². The zero-order chi connectivity index (χ0) is 20.0. The van der Waals surface area contributed by atoms with Crippen molar-refractivity contribution in [2.75, 3.05) is 5.32 Å². The summed E-state index contributed by atoms with van der Waals surface area (Å²) in [5.74, 6) is -0.198. The van der Waals surface area contributed by atoms with E-state index in [9.17, 15) is 4.79 Å². The van der Waals surface area contributed by atoms with Crippen molar-refractivity contribution >= 4 is 33.4 Å². The van der Waals surface area contributed by atoms with E-state index in [1.165, 1.54) is 16.9 Å². The van der Waals surface area contributed by atoms with E-state index in [1.807, 2.05) is 27.8 Å². The van der Waals surface area contributed by atoms with Gasteiger partial charge in [-0.3, -0.25) is 14.8 Å². The van der Waals surface area contributed by atoms with Gasteiger partial charge in [0.05, 0.1) is 22.3 Å². The zero-order valence-electron chi connectivity index (χ0n) is 16.5. The van der Waals surface area contributed by atoms with Gasteiger partial charge in [0.1, 0.15) is 0 Å². The average Bonchev–Trinajstić information content (AvgIpc) is 3.14. The van der Waals surface area contributed by atoms with E-state index < -0.39 is 0 Å². The smallest absolute Gasteiger partial charge is 0.258 e. The lowest BCUT2D eigenvalue weighted by molar-refractivity contribution is 0.102. The number of nitrogens with one attached hydrogen (secondary N) is 1. The number of hydrogen-bond acceptors (Lipinski definition) is 5. The Morgan fingerprint density at radius 1 is 1.07 bits per heavy atom. The maximum Gasteiger partial charge on any atom is 0.258 e. The molecule has 1 amide bonds. The highest BCUT2D eigenvalue weighted by molar-refractivity contribution is 7.16. The van der Waals surface area contributed by atoms with Gasteiger partial charge in [-0.1, -0.05) is 29.8 Å². The molecule has 28 heavy (non-hydrogen) atoms. The molecule has 4 rings (SSSR count). The molecule has 0 saturated heterocycles. The predicted molar refractivity (Wildman–Crippen MR) is 113 cm³/mol. The lowest BCUT2D eigenvalue weighted by atomic mass is 10.1. The average molecular weight is 392 g/mol. The Labute approximate surface area is 167 Å². The number of rotatable bonds is 3. The van der Waals surface area contributed by atoms with Crippen molar-refractivity contribution in [3.8, 4) is 11.3 Å². The van der Waals surface area contributed by atoms with Crippen LogP contribution in [0.2, 0.25) is 0 Å². The van der Waals surface area contributed by atoms with Crippen molar-refractivity contribution in [3.05, 3.63) is 57.7 Å². The van der Waals surface area contributed by atoms with Crippen molar-refractivity contribution in [1.29, 1.82) is 0 Å². The van der Waals surface area contributed by atoms with Crippen LogP contribution in [0.1, 0.15) is 32.2 Å². The topological polar surface area (TPSA) is 72.7 Å². The zero-order valence-corrected chi connectivity index (χ0v) is 17.3. The lowest BCUT2D eigenvalue weighted by Gasteiger charge is -2.05. The molecule has 0 aliphatic carbocycles. The summed E-state index contributed by atoms with van der Waals surface area (Å²) in [7, 11) is 1.83. The molecule has 0 bridgehead atoms. The first-order valence-electron chi connectivity index (χ1n) is 9.00. The third-order valence-corrected chi connectivity index (χ3v) is 5.57. The van der Waals surface area contributed by atoms with Gasteiger partial charge in [-0.05, 0) is 33.8 Å². The van der Waals surface area contributed by atoms with Crippen molar-refractivity contribution in [2.24, 2.45) is 7.05 Å². The molecule has 0 fully saturated rings. The Morgan fingerprint density at radius 3 is 2.50 bits per heavy atom. The summed E-state index contributed by atoms with van der Waals surface area (Å²) in [6, 6.07) is 10.0. The molecule has 0 unspecified atom stereocenters. The molecule has 0 aliphatic rings. The van der Waals surface area contributed by atoms with E-state index in [0.29, 0.717) is 16.3 Å². The summed E-state index contributed by atoms with van der Waals surface area (Å²) in [6.45, 7) is 7.84. The summed E-state index contributed by atoms with van der Waals surface area (Å²) >= 11 is 1.48. The van der Waals surface area contributed by atoms with Crippen LogP contribution in [0.4, 0.5) is 5.13 Å². The van der Waals surface area contributed by atoms with E-state index in [1.54, 1.807) is 10.7 Å². The molecule has 0 radical (unpaired) electrons. The highest BCUT2D eigenvalue weighted by Gasteiger charge is 2.19. The second-order valence-corrected chi connectivity index (χ2v) is 8.17. The Hall–Kier alpha value is -3.06. The third kappa shape index (κ3) is 3.18. The molecule has 3 heterocycles. The van der Waals surface area contributed by atoms with Crippen LogP contribution in [0.5, 0.6) is 0 Å².